The molecule has 1 rings (SSSR count). The Bertz CT molecular complexity index is 445. The largest absolute Gasteiger partial charge is 0.497 e. The van der Waals surface area contributed by atoms with E-state index in [1.165, 1.54) is 11.8 Å². The van der Waals surface area contributed by atoms with Crippen molar-refractivity contribution < 1.29 is 19.1 Å². The van der Waals surface area contributed by atoms with Crippen molar-refractivity contribution in [3.8, 4) is 5.75 Å². The molecule has 1 aromatic rings. The Morgan fingerprint density at radius 1 is 1.20 bits per heavy atom. The second-order valence-corrected chi connectivity index (χ2v) is 4.15. The fourth-order valence-electron chi connectivity index (χ4n) is 1.64. The Kier molecular flexibility index (Phi) is 6.52. The summed E-state index contributed by atoms with van der Waals surface area (Å²) in [6.45, 7) is 2.26. The van der Waals surface area contributed by atoms with Crippen LogP contribution in [0.25, 0.3) is 0 Å². The molecule has 1 aromatic carbocycles. The van der Waals surface area contributed by atoms with E-state index in [1.54, 1.807) is 38.5 Å². The predicted molar refractivity (Wildman–Crippen MR) is 75.9 cm³/mol. The van der Waals surface area contributed by atoms with Crippen LogP contribution < -0.4 is 15.0 Å². The molecule has 0 aromatic heterocycles. The molecule has 6 nitrogen and oxygen atoms in total. The SMILES string of the molecule is COCCNC(=O)CN(C(C)=O)c1ccc(OC)cc1. The third-order valence-electron chi connectivity index (χ3n) is 2.69. The number of hydrogen-bond donors (Lipinski definition) is 1. The number of hydrogen-bond acceptors (Lipinski definition) is 4. The molecule has 0 atom stereocenters. The zero-order valence-electron chi connectivity index (χ0n) is 12.0. The summed E-state index contributed by atoms with van der Waals surface area (Å²) in [7, 11) is 3.13. The van der Waals surface area contributed by atoms with Crippen molar-refractivity contribution in [2.45, 2.75) is 6.92 Å². The quantitative estimate of drug-likeness (QED) is 0.751. The lowest BCUT2D eigenvalue weighted by atomic mass is 10.2. The number of ether oxygens (including phenoxy) is 2. The number of rotatable bonds is 7. The van der Waals surface area contributed by atoms with Crippen LogP contribution in [0.15, 0.2) is 24.3 Å². The van der Waals surface area contributed by atoms with E-state index < -0.39 is 0 Å². The highest BCUT2D eigenvalue weighted by Crippen LogP contribution is 2.19. The summed E-state index contributed by atoms with van der Waals surface area (Å²) in [4.78, 5) is 24.8. The molecular weight excluding hydrogens is 260 g/mol. The maximum Gasteiger partial charge on any atom is 0.240 e. The van der Waals surface area contributed by atoms with E-state index in [4.69, 9.17) is 9.47 Å². The van der Waals surface area contributed by atoms with Gasteiger partial charge in [-0.05, 0) is 24.3 Å². The monoisotopic (exact) mass is 280 g/mol. The van der Waals surface area contributed by atoms with Gasteiger partial charge < -0.3 is 19.7 Å². The highest BCUT2D eigenvalue weighted by Gasteiger charge is 2.15. The van der Waals surface area contributed by atoms with Crippen molar-refractivity contribution in [1.29, 1.82) is 0 Å². The van der Waals surface area contributed by atoms with Crippen LogP contribution in [0.5, 0.6) is 5.75 Å². The number of carbonyl (C=O) groups excluding carboxylic acids is 2. The van der Waals surface area contributed by atoms with Crippen LogP contribution in [0.2, 0.25) is 0 Å². The molecule has 0 fully saturated rings. The van der Waals surface area contributed by atoms with E-state index in [1.807, 2.05) is 0 Å². The van der Waals surface area contributed by atoms with E-state index in [-0.39, 0.29) is 18.4 Å². The number of benzene rings is 1. The topological polar surface area (TPSA) is 67.9 Å². The molecule has 0 saturated carbocycles. The van der Waals surface area contributed by atoms with Crippen molar-refractivity contribution in [3.05, 3.63) is 24.3 Å². The normalized spacial score (nSPS) is 9.95. The minimum Gasteiger partial charge on any atom is -0.497 e. The van der Waals surface area contributed by atoms with E-state index in [2.05, 4.69) is 5.32 Å². The van der Waals surface area contributed by atoms with Gasteiger partial charge >= 0.3 is 0 Å². The van der Waals surface area contributed by atoms with Gasteiger partial charge in [0.25, 0.3) is 0 Å². The molecule has 0 bridgehead atoms. The average molecular weight is 280 g/mol. The van der Waals surface area contributed by atoms with Crippen LogP contribution in [-0.2, 0) is 14.3 Å². The zero-order valence-corrected chi connectivity index (χ0v) is 12.0. The van der Waals surface area contributed by atoms with Crippen molar-refractivity contribution >= 4 is 17.5 Å². The molecule has 20 heavy (non-hydrogen) atoms. The minimum atomic E-state index is -0.229. The lowest BCUT2D eigenvalue weighted by Gasteiger charge is -2.20. The fraction of sp³-hybridized carbons (Fsp3) is 0.429. The van der Waals surface area contributed by atoms with Gasteiger partial charge in [-0.2, -0.15) is 0 Å². The van der Waals surface area contributed by atoms with Crippen LogP contribution >= 0.6 is 0 Å². The lowest BCUT2D eigenvalue weighted by molar-refractivity contribution is -0.123. The van der Waals surface area contributed by atoms with Gasteiger partial charge in [0.2, 0.25) is 11.8 Å². The van der Waals surface area contributed by atoms with Gasteiger partial charge in [-0.25, -0.2) is 0 Å². The summed E-state index contributed by atoms with van der Waals surface area (Å²) < 4.78 is 9.90. The molecule has 2 amide bonds. The highest BCUT2D eigenvalue weighted by molar-refractivity contribution is 5.97. The van der Waals surface area contributed by atoms with E-state index >= 15 is 0 Å². The van der Waals surface area contributed by atoms with Gasteiger partial charge in [0, 0.05) is 26.3 Å². The molecule has 0 aliphatic heterocycles. The van der Waals surface area contributed by atoms with Gasteiger partial charge in [-0.3, -0.25) is 9.59 Å². The van der Waals surface area contributed by atoms with Crippen LogP contribution in [0.4, 0.5) is 5.69 Å². The second kappa shape index (κ2) is 8.16. The first-order chi connectivity index (χ1) is 9.58. The first kappa shape index (κ1) is 16.0. The first-order valence-corrected chi connectivity index (χ1v) is 6.26. The van der Waals surface area contributed by atoms with Crippen LogP contribution in [0.1, 0.15) is 6.92 Å². The lowest BCUT2D eigenvalue weighted by Crippen LogP contribution is -2.40. The summed E-state index contributed by atoms with van der Waals surface area (Å²) in [5, 5.41) is 2.68. The second-order valence-electron chi connectivity index (χ2n) is 4.15. The average Bonchev–Trinajstić information content (AvgIpc) is 2.45. The molecule has 1 N–H and O–H groups in total. The zero-order chi connectivity index (χ0) is 15.0. The molecule has 0 heterocycles. The molecule has 0 unspecified atom stereocenters. The summed E-state index contributed by atoms with van der Waals surface area (Å²) >= 11 is 0. The number of nitrogens with one attached hydrogen (secondary N) is 1. The maximum atomic E-state index is 11.7. The van der Waals surface area contributed by atoms with E-state index in [0.29, 0.717) is 24.6 Å². The number of amides is 2. The molecule has 6 heteroatoms. The van der Waals surface area contributed by atoms with Crippen molar-refractivity contribution in [2.75, 3.05) is 38.8 Å². The van der Waals surface area contributed by atoms with E-state index in [0.717, 1.165) is 0 Å². The molecule has 0 saturated heterocycles. The third kappa shape index (κ3) is 4.89. The molecule has 0 aliphatic rings. The van der Waals surface area contributed by atoms with Crippen LogP contribution in [-0.4, -0.2) is 45.7 Å². The van der Waals surface area contributed by atoms with Crippen LogP contribution in [0, 0.1) is 0 Å². The number of methoxy groups -OCH3 is 2. The molecule has 0 radical (unpaired) electrons. The van der Waals surface area contributed by atoms with Gasteiger partial charge in [0.15, 0.2) is 0 Å². The number of carbonyl (C=O) groups is 2. The number of anilines is 1. The smallest absolute Gasteiger partial charge is 0.240 e. The standard InChI is InChI=1S/C14H20N2O4/c1-11(17)16(10-14(18)15-8-9-19-2)12-4-6-13(20-3)7-5-12/h4-7H,8-10H2,1-3H3,(H,15,18). The van der Waals surface area contributed by atoms with Gasteiger partial charge in [0.05, 0.1) is 13.7 Å². The maximum absolute atomic E-state index is 11.7. The van der Waals surface area contributed by atoms with Gasteiger partial charge in [-0.1, -0.05) is 0 Å². The van der Waals surface area contributed by atoms with Crippen LogP contribution in [0.3, 0.4) is 0 Å². The van der Waals surface area contributed by atoms with E-state index in [9.17, 15) is 9.59 Å². The highest BCUT2D eigenvalue weighted by atomic mass is 16.5. The van der Waals surface area contributed by atoms with Crippen molar-refractivity contribution in [1.82, 2.24) is 5.32 Å². The van der Waals surface area contributed by atoms with Crippen molar-refractivity contribution in [2.24, 2.45) is 0 Å². The minimum absolute atomic E-state index is 0.0224. The predicted octanol–water partition coefficient (Wildman–Crippen LogP) is 0.811. The van der Waals surface area contributed by atoms with Gasteiger partial charge in [-0.15, -0.1) is 0 Å². The Labute approximate surface area is 118 Å². The molecule has 110 valence electrons. The third-order valence-corrected chi connectivity index (χ3v) is 2.69. The summed E-state index contributed by atoms with van der Waals surface area (Å²) in [6, 6.07) is 6.97. The first-order valence-electron chi connectivity index (χ1n) is 6.26. The Balaban J connectivity index is 2.68. The molecule has 0 spiro atoms. The van der Waals surface area contributed by atoms with Gasteiger partial charge in [0.1, 0.15) is 12.3 Å². The molecule has 0 aliphatic carbocycles. The Morgan fingerprint density at radius 3 is 2.35 bits per heavy atom. The summed E-state index contributed by atoms with van der Waals surface area (Å²) in [5.74, 6) is 0.270. The Morgan fingerprint density at radius 2 is 1.85 bits per heavy atom. The van der Waals surface area contributed by atoms with Crippen molar-refractivity contribution in [3.63, 3.8) is 0 Å². The molecular formula is C14H20N2O4. The number of nitrogens with zero attached hydrogens (tertiary/aromatic N) is 1. The Hall–Kier alpha value is -2.08. The fourth-order valence-corrected chi connectivity index (χ4v) is 1.64. The summed E-state index contributed by atoms with van der Waals surface area (Å²) in [6.07, 6.45) is 0. The summed E-state index contributed by atoms with van der Waals surface area (Å²) in [5.41, 5.74) is 0.653.